The van der Waals surface area contributed by atoms with Crippen LogP contribution in [-0.4, -0.2) is 0 Å². The second-order valence-corrected chi connectivity index (χ2v) is 3.39. The molecule has 0 aliphatic rings. The van der Waals surface area contributed by atoms with Crippen LogP contribution < -0.4 is 0 Å². The summed E-state index contributed by atoms with van der Waals surface area (Å²) in [5, 5.41) is 0. The third-order valence-corrected chi connectivity index (χ3v) is 2.32. The highest BCUT2D eigenvalue weighted by Gasteiger charge is 2.08. The lowest BCUT2D eigenvalue weighted by atomic mass is 9.89. The molecule has 0 fully saturated rings. The number of rotatable bonds is 5. The first-order valence-electron chi connectivity index (χ1n) is 4.50. The van der Waals surface area contributed by atoms with Crippen LogP contribution in [0.25, 0.3) is 0 Å². The maximum atomic E-state index is 2.36. The van der Waals surface area contributed by atoms with Gasteiger partial charge in [0, 0.05) is 0 Å². The van der Waals surface area contributed by atoms with E-state index in [0.717, 1.165) is 11.8 Å². The quantitative estimate of drug-likeness (QED) is 0.548. The summed E-state index contributed by atoms with van der Waals surface area (Å²) in [6, 6.07) is 0. The van der Waals surface area contributed by atoms with Gasteiger partial charge in [-0.1, -0.05) is 40.5 Å². The summed E-state index contributed by atoms with van der Waals surface area (Å²) >= 11 is 0. The highest BCUT2D eigenvalue weighted by Crippen LogP contribution is 2.20. The van der Waals surface area contributed by atoms with Crippen LogP contribution >= 0.6 is 0 Å². The molecule has 0 aromatic rings. The minimum absolute atomic E-state index is 0.880. The van der Waals surface area contributed by atoms with Gasteiger partial charge < -0.3 is 0 Å². The fourth-order valence-corrected chi connectivity index (χ4v) is 1.34. The van der Waals surface area contributed by atoms with Crippen molar-refractivity contribution >= 4 is 0 Å². The van der Waals surface area contributed by atoms with Gasteiger partial charge in [0.05, 0.1) is 0 Å². The first-order valence-corrected chi connectivity index (χ1v) is 4.50. The van der Waals surface area contributed by atoms with Gasteiger partial charge in [-0.05, 0) is 24.7 Å². The van der Waals surface area contributed by atoms with Crippen molar-refractivity contribution in [3.63, 3.8) is 0 Å². The van der Waals surface area contributed by atoms with Crippen LogP contribution in [0.2, 0.25) is 0 Å². The van der Waals surface area contributed by atoms with E-state index in [1.807, 2.05) is 0 Å². The van der Waals surface area contributed by atoms with Crippen molar-refractivity contribution in [1.82, 2.24) is 0 Å². The van der Waals surface area contributed by atoms with Crippen LogP contribution in [0.4, 0.5) is 0 Å². The van der Waals surface area contributed by atoms with Crippen molar-refractivity contribution in [3.8, 4) is 0 Å². The normalized spacial score (nSPS) is 16.8. The molecule has 1 radical (unpaired) electrons. The zero-order valence-electron chi connectivity index (χ0n) is 7.85. The largest absolute Gasteiger partial charge is 0.0654 e. The molecule has 0 spiro atoms. The van der Waals surface area contributed by atoms with E-state index in [1.165, 1.54) is 19.3 Å². The Balaban J connectivity index is 3.38. The van der Waals surface area contributed by atoms with Crippen molar-refractivity contribution < 1.29 is 0 Å². The summed E-state index contributed by atoms with van der Waals surface area (Å²) in [4.78, 5) is 0. The zero-order valence-corrected chi connectivity index (χ0v) is 7.85. The van der Waals surface area contributed by atoms with Gasteiger partial charge in [0.25, 0.3) is 0 Å². The molecule has 0 amide bonds. The predicted molar refractivity (Wildman–Crippen MR) is 47.8 cm³/mol. The van der Waals surface area contributed by atoms with Gasteiger partial charge in [0.15, 0.2) is 0 Å². The van der Waals surface area contributed by atoms with Crippen LogP contribution in [0.1, 0.15) is 47.0 Å². The fraction of sp³-hybridized carbons (Fsp3) is 0.900. The van der Waals surface area contributed by atoms with Crippen LogP contribution in [0.5, 0.6) is 0 Å². The minimum atomic E-state index is 0.880. The average Bonchev–Trinajstić information content (AvgIpc) is 1.89. The summed E-state index contributed by atoms with van der Waals surface area (Å²) < 4.78 is 0. The van der Waals surface area contributed by atoms with Gasteiger partial charge in [0.1, 0.15) is 0 Å². The summed E-state index contributed by atoms with van der Waals surface area (Å²) in [5.41, 5.74) is 0. The first kappa shape index (κ1) is 10.0. The third kappa shape index (κ3) is 3.92. The summed E-state index contributed by atoms with van der Waals surface area (Å²) in [7, 11) is 0. The molecular formula is C10H21. The zero-order chi connectivity index (χ0) is 7.98. The number of hydrogen-bond donors (Lipinski definition) is 0. The van der Waals surface area contributed by atoms with Crippen molar-refractivity contribution in [2.45, 2.75) is 47.0 Å². The molecule has 0 bridgehead atoms. The van der Waals surface area contributed by atoms with Gasteiger partial charge in [0.2, 0.25) is 0 Å². The second-order valence-electron chi connectivity index (χ2n) is 3.39. The van der Waals surface area contributed by atoms with E-state index in [0.29, 0.717) is 0 Å². The van der Waals surface area contributed by atoms with Gasteiger partial charge in [-0.25, -0.2) is 0 Å². The molecular weight excluding hydrogens is 120 g/mol. The van der Waals surface area contributed by atoms with Crippen molar-refractivity contribution in [2.24, 2.45) is 11.8 Å². The minimum Gasteiger partial charge on any atom is -0.0654 e. The lowest BCUT2D eigenvalue weighted by Crippen LogP contribution is -2.06. The van der Waals surface area contributed by atoms with Crippen molar-refractivity contribution in [3.05, 3.63) is 6.42 Å². The molecule has 0 rings (SSSR count). The fourth-order valence-electron chi connectivity index (χ4n) is 1.34. The van der Waals surface area contributed by atoms with Gasteiger partial charge in [-0.3, -0.25) is 0 Å². The highest BCUT2D eigenvalue weighted by atomic mass is 14.1. The first-order chi connectivity index (χ1) is 4.72. The Bertz CT molecular complexity index is 56.4. The highest BCUT2D eigenvalue weighted by molar-refractivity contribution is 4.67. The molecule has 61 valence electrons. The molecule has 0 heterocycles. The molecule has 0 saturated carbocycles. The third-order valence-electron chi connectivity index (χ3n) is 2.32. The molecule has 0 aromatic heterocycles. The summed E-state index contributed by atoms with van der Waals surface area (Å²) in [6.07, 6.45) is 6.27. The Hall–Kier alpha value is 0. The molecule has 0 aliphatic heterocycles. The lowest BCUT2D eigenvalue weighted by Gasteiger charge is -2.17. The molecule has 0 saturated heterocycles. The Labute approximate surface area is 66.0 Å². The summed E-state index contributed by atoms with van der Waals surface area (Å²) in [5.74, 6) is 1.78. The maximum Gasteiger partial charge on any atom is -0.0414 e. The van der Waals surface area contributed by atoms with E-state index in [9.17, 15) is 0 Å². The van der Waals surface area contributed by atoms with Crippen LogP contribution in [0, 0.1) is 18.3 Å². The van der Waals surface area contributed by atoms with E-state index < -0.39 is 0 Å². The van der Waals surface area contributed by atoms with Gasteiger partial charge in [-0.15, -0.1) is 0 Å². The topological polar surface area (TPSA) is 0 Å². The molecule has 2 atom stereocenters. The van der Waals surface area contributed by atoms with Crippen molar-refractivity contribution in [1.29, 1.82) is 0 Å². The van der Waals surface area contributed by atoms with Gasteiger partial charge in [-0.2, -0.15) is 0 Å². The molecule has 2 unspecified atom stereocenters. The second kappa shape index (κ2) is 5.76. The van der Waals surface area contributed by atoms with E-state index in [-0.39, 0.29) is 0 Å². The molecule has 0 nitrogen and oxygen atoms in total. The Morgan fingerprint density at radius 2 is 1.80 bits per heavy atom. The Kier molecular flexibility index (Phi) is 5.76. The lowest BCUT2D eigenvalue weighted by molar-refractivity contribution is 0.357. The van der Waals surface area contributed by atoms with E-state index in [1.54, 1.807) is 0 Å². The molecule has 10 heavy (non-hydrogen) atoms. The smallest absolute Gasteiger partial charge is 0.0414 e. The Morgan fingerprint density at radius 3 is 2.20 bits per heavy atom. The predicted octanol–water partition coefficient (Wildman–Crippen LogP) is 3.67. The maximum absolute atomic E-state index is 2.36. The van der Waals surface area contributed by atoms with Crippen molar-refractivity contribution in [2.75, 3.05) is 0 Å². The van der Waals surface area contributed by atoms with Crippen LogP contribution in [-0.2, 0) is 0 Å². The van der Waals surface area contributed by atoms with E-state index in [2.05, 4.69) is 34.1 Å². The average molecular weight is 141 g/mol. The standard InChI is InChI=1S/C10H21/c1-5-7-9(3)10(4)8-6-2/h5,9-10H,6-8H2,1-4H3. The van der Waals surface area contributed by atoms with Crippen LogP contribution in [0.15, 0.2) is 0 Å². The van der Waals surface area contributed by atoms with Gasteiger partial charge >= 0.3 is 0 Å². The van der Waals surface area contributed by atoms with Crippen LogP contribution in [0.3, 0.4) is 0 Å². The molecule has 0 heteroatoms. The van der Waals surface area contributed by atoms with E-state index >= 15 is 0 Å². The SMILES string of the molecule is C[CH]CC(C)C(C)CCC. The summed E-state index contributed by atoms with van der Waals surface area (Å²) in [6.45, 7) is 9.12. The molecule has 0 aromatic carbocycles. The molecule has 0 aliphatic carbocycles. The monoisotopic (exact) mass is 141 g/mol. The number of hydrogen-bond acceptors (Lipinski definition) is 0. The molecule has 0 N–H and O–H groups in total. The Morgan fingerprint density at radius 1 is 1.20 bits per heavy atom. The van der Waals surface area contributed by atoms with E-state index in [4.69, 9.17) is 0 Å².